The van der Waals surface area contributed by atoms with Gasteiger partial charge in [0.1, 0.15) is 5.76 Å². The van der Waals surface area contributed by atoms with E-state index in [1.54, 1.807) is 0 Å². The van der Waals surface area contributed by atoms with Crippen molar-refractivity contribution < 1.29 is 25.8 Å². The van der Waals surface area contributed by atoms with Crippen molar-refractivity contribution in [2.75, 3.05) is 0 Å². The van der Waals surface area contributed by atoms with E-state index in [9.17, 15) is 21.6 Å². The summed E-state index contributed by atoms with van der Waals surface area (Å²) in [4.78, 5) is 0. The average molecular weight is 348 g/mol. The molecule has 1 unspecified atom stereocenters. The third-order valence-corrected chi connectivity index (χ3v) is 4.91. The molecule has 0 saturated heterocycles. The van der Waals surface area contributed by atoms with Crippen LogP contribution < -0.4 is 0 Å². The van der Waals surface area contributed by atoms with Crippen LogP contribution in [0.15, 0.2) is 42.2 Å². The first-order valence-corrected chi connectivity index (χ1v) is 8.54. The molecule has 0 aromatic heterocycles. The Kier molecular flexibility index (Phi) is 4.30. The fourth-order valence-electron chi connectivity index (χ4n) is 3.23. The van der Waals surface area contributed by atoms with Crippen molar-refractivity contribution in [2.24, 2.45) is 5.41 Å². The molecule has 0 N–H and O–H groups in total. The van der Waals surface area contributed by atoms with Gasteiger partial charge in [0.25, 0.3) is 0 Å². The Labute approximate surface area is 134 Å². The van der Waals surface area contributed by atoms with Crippen LogP contribution in [0.2, 0.25) is 0 Å². The standard InChI is InChI=1S/C16H19F3O3S/c1-14(2)9-13(22-23(20,21)16(17,18)19)10-15(3,11-14)12-7-5-4-6-8-12/h4-8,10H,9,11H2,1-3H3. The van der Waals surface area contributed by atoms with Gasteiger partial charge >= 0.3 is 15.6 Å². The fourth-order valence-corrected chi connectivity index (χ4v) is 3.71. The quantitative estimate of drug-likeness (QED) is 0.596. The van der Waals surface area contributed by atoms with Gasteiger partial charge in [-0.2, -0.15) is 21.6 Å². The van der Waals surface area contributed by atoms with E-state index in [0.717, 1.165) is 5.56 Å². The van der Waals surface area contributed by atoms with Crippen molar-refractivity contribution in [3.05, 3.63) is 47.7 Å². The van der Waals surface area contributed by atoms with Crippen LogP contribution in [-0.2, 0) is 19.7 Å². The van der Waals surface area contributed by atoms with Crippen LogP contribution in [0, 0.1) is 5.41 Å². The van der Waals surface area contributed by atoms with Gasteiger partial charge in [0.15, 0.2) is 0 Å². The molecule has 0 aliphatic heterocycles. The minimum Gasteiger partial charge on any atom is -0.381 e. The maximum absolute atomic E-state index is 12.6. The predicted octanol–water partition coefficient (Wildman–Crippen LogP) is 4.51. The third-order valence-electron chi connectivity index (χ3n) is 3.91. The number of hydrogen-bond donors (Lipinski definition) is 0. The summed E-state index contributed by atoms with van der Waals surface area (Å²) in [7, 11) is -5.65. The van der Waals surface area contributed by atoms with Gasteiger partial charge in [-0.3, -0.25) is 0 Å². The zero-order valence-corrected chi connectivity index (χ0v) is 14.0. The van der Waals surface area contributed by atoms with Gasteiger partial charge in [-0.05, 0) is 23.5 Å². The number of rotatable bonds is 3. The molecule has 1 aliphatic rings. The minimum absolute atomic E-state index is 0.130. The smallest absolute Gasteiger partial charge is 0.381 e. The second-order valence-corrected chi connectivity index (χ2v) is 8.43. The molecule has 128 valence electrons. The zero-order chi connectivity index (χ0) is 17.5. The summed E-state index contributed by atoms with van der Waals surface area (Å²) in [5.41, 5.74) is -5.52. The van der Waals surface area contributed by atoms with Gasteiger partial charge in [0, 0.05) is 11.8 Å². The largest absolute Gasteiger partial charge is 0.534 e. The molecule has 3 nitrogen and oxygen atoms in total. The molecule has 1 aromatic carbocycles. The topological polar surface area (TPSA) is 43.4 Å². The molecule has 0 heterocycles. The van der Waals surface area contributed by atoms with Crippen molar-refractivity contribution in [3.8, 4) is 0 Å². The summed E-state index contributed by atoms with van der Waals surface area (Å²) >= 11 is 0. The van der Waals surface area contributed by atoms with Crippen LogP contribution in [0.25, 0.3) is 0 Å². The first-order valence-electron chi connectivity index (χ1n) is 7.13. The second-order valence-electron chi connectivity index (χ2n) is 6.90. The maximum Gasteiger partial charge on any atom is 0.534 e. The predicted molar refractivity (Wildman–Crippen MR) is 81.0 cm³/mol. The highest BCUT2D eigenvalue weighted by Crippen LogP contribution is 2.47. The Bertz CT molecular complexity index is 706. The van der Waals surface area contributed by atoms with Gasteiger partial charge < -0.3 is 4.18 Å². The summed E-state index contributed by atoms with van der Waals surface area (Å²) in [5, 5.41) is 0. The molecular formula is C16H19F3O3S. The maximum atomic E-state index is 12.6. The average Bonchev–Trinajstić information content (AvgIpc) is 2.35. The molecule has 0 radical (unpaired) electrons. The van der Waals surface area contributed by atoms with Crippen molar-refractivity contribution in [2.45, 2.75) is 44.5 Å². The minimum atomic E-state index is -5.65. The molecular weight excluding hydrogens is 329 g/mol. The Hall–Kier alpha value is -1.50. The molecule has 0 spiro atoms. The summed E-state index contributed by atoms with van der Waals surface area (Å²) in [5.74, 6) is -0.162. The van der Waals surface area contributed by atoms with Crippen molar-refractivity contribution in [1.29, 1.82) is 0 Å². The number of benzene rings is 1. The van der Waals surface area contributed by atoms with E-state index in [4.69, 9.17) is 0 Å². The zero-order valence-electron chi connectivity index (χ0n) is 13.1. The lowest BCUT2D eigenvalue weighted by Gasteiger charge is -2.41. The molecule has 0 fully saturated rings. The second kappa shape index (κ2) is 5.54. The van der Waals surface area contributed by atoms with Gasteiger partial charge in [0.05, 0.1) is 0 Å². The van der Waals surface area contributed by atoms with Crippen LogP contribution in [-0.4, -0.2) is 13.9 Å². The number of allylic oxidation sites excluding steroid dienone is 2. The SMILES string of the molecule is CC1(C)CC(OS(=O)(=O)C(F)(F)F)=CC(C)(c2ccccc2)C1. The Morgan fingerprint density at radius 2 is 1.65 bits per heavy atom. The molecule has 1 aliphatic carbocycles. The van der Waals surface area contributed by atoms with Crippen LogP contribution >= 0.6 is 0 Å². The Morgan fingerprint density at radius 3 is 2.17 bits per heavy atom. The molecule has 7 heteroatoms. The molecule has 23 heavy (non-hydrogen) atoms. The van der Waals surface area contributed by atoms with Gasteiger partial charge in [-0.25, -0.2) is 0 Å². The first kappa shape index (κ1) is 17.8. The van der Waals surface area contributed by atoms with Crippen molar-refractivity contribution >= 4 is 10.1 Å². The van der Waals surface area contributed by atoms with Crippen LogP contribution in [0.3, 0.4) is 0 Å². The molecule has 2 rings (SSSR count). The Morgan fingerprint density at radius 1 is 1.09 bits per heavy atom. The van der Waals surface area contributed by atoms with Crippen molar-refractivity contribution in [1.82, 2.24) is 0 Å². The number of hydrogen-bond acceptors (Lipinski definition) is 3. The first-order chi connectivity index (χ1) is 10.3. The van der Waals surface area contributed by atoms with Crippen LogP contribution in [0.5, 0.6) is 0 Å². The molecule has 1 atom stereocenters. The van der Waals surface area contributed by atoms with E-state index in [2.05, 4.69) is 4.18 Å². The highest BCUT2D eigenvalue weighted by atomic mass is 32.2. The lowest BCUT2D eigenvalue weighted by Crippen LogP contribution is -2.35. The highest BCUT2D eigenvalue weighted by molar-refractivity contribution is 7.87. The fraction of sp³-hybridized carbons (Fsp3) is 0.500. The molecule has 0 amide bonds. The van der Waals surface area contributed by atoms with E-state index in [1.165, 1.54) is 6.08 Å². The summed E-state index contributed by atoms with van der Waals surface area (Å²) in [6.45, 7) is 5.63. The normalized spacial score (nSPS) is 24.9. The molecule has 0 bridgehead atoms. The van der Waals surface area contributed by atoms with Gasteiger partial charge in [-0.15, -0.1) is 0 Å². The molecule has 1 aromatic rings. The number of halogens is 3. The van der Waals surface area contributed by atoms with Crippen molar-refractivity contribution in [3.63, 3.8) is 0 Å². The summed E-state index contributed by atoms with van der Waals surface area (Å²) in [6, 6.07) is 9.25. The lowest BCUT2D eigenvalue weighted by molar-refractivity contribution is -0.0528. The van der Waals surface area contributed by atoms with E-state index in [0.29, 0.717) is 6.42 Å². The Balaban J connectivity index is 2.44. The third kappa shape index (κ3) is 3.88. The highest BCUT2D eigenvalue weighted by Gasteiger charge is 2.50. The van der Waals surface area contributed by atoms with Crippen LogP contribution in [0.1, 0.15) is 39.2 Å². The lowest BCUT2D eigenvalue weighted by atomic mass is 9.65. The van der Waals surface area contributed by atoms with Gasteiger partial charge in [0.2, 0.25) is 0 Å². The van der Waals surface area contributed by atoms with Crippen LogP contribution in [0.4, 0.5) is 13.2 Å². The van der Waals surface area contributed by atoms with E-state index < -0.39 is 26.5 Å². The van der Waals surface area contributed by atoms with E-state index >= 15 is 0 Å². The monoisotopic (exact) mass is 348 g/mol. The van der Waals surface area contributed by atoms with Gasteiger partial charge in [-0.1, -0.05) is 51.1 Å². The summed E-state index contributed by atoms with van der Waals surface area (Å²) in [6.07, 6.45) is 2.30. The number of alkyl halides is 3. The summed E-state index contributed by atoms with van der Waals surface area (Å²) < 4.78 is 64.7. The van der Waals surface area contributed by atoms with E-state index in [1.807, 2.05) is 51.1 Å². The molecule has 0 saturated carbocycles. The van der Waals surface area contributed by atoms with E-state index in [-0.39, 0.29) is 12.2 Å².